The molecule has 0 bridgehead atoms. The number of nitrogens with zero attached hydrogens (tertiary/aromatic N) is 1. The smallest absolute Gasteiger partial charge is 0.253 e. The summed E-state index contributed by atoms with van der Waals surface area (Å²) in [5, 5.41) is 0. The molecule has 0 aliphatic rings. The van der Waals surface area contributed by atoms with E-state index in [1.54, 1.807) is 4.90 Å². The molecule has 0 atom stereocenters. The number of anilines is 1. The van der Waals surface area contributed by atoms with Gasteiger partial charge in [-0.1, -0.05) is 24.1 Å². The van der Waals surface area contributed by atoms with Crippen molar-refractivity contribution in [1.82, 2.24) is 0 Å². The van der Waals surface area contributed by atoms with Gasteiger partial charge in [-0.25, -0.2) is 0 Å². The number of benzene rings is 1. The van der Waals surface area contributed by atoms with Crippen LogP contribution in [0.2, 0.25) is 0 Å². The van der Waals surface area contributed by atoms with E-state index in [0.29, 0.717) is 0 Å². The molecule has 0 unspecified atom stereocenters. The van der Waals surface area contributed by atoms with Crippen molar-refractivity contribution in [2.75, 3.05) is 25.2 Å². The van der Waals surface area contributed by atoms with Gasteiger partial charge in [-0.2, -0.15) is 0 Å². The van der Waals surface area contributed by atoms with Crippen LogP contribution >= 0.6 is 0 Å². The van der Waals surface area contributed by atoms with Gasteiger partial charge in [-0.15, -0.1) is 6.42 Å². The highest BCUT2D eigenvalue weighted by molar-refractivity contribution is 5.96. The van der Waals surface area contributed by atoms with Gasteiger partial charge in [0.1, 0.15) is 6.61 Å². The van der Waals surface area contributed by atoms with Crippen molar-refractivity contribution < 1.29 is 9.53 Å². The number of aryl methyl sites for hydroxylation is 2. The first-order valence-electron chi connectivity index (χ1n) is 5.40. The monoisotopic (exact) mass is 231 g/mol. The Balaban J connectivity index is 3.14. The Morgan fingerprint density at radius 1 is 1.41 bits per heavy atom. The molecule has 1 amide bonds. The molecule has 1 aromatic rings. The van der Waals surface area contributed by atoms with E-state index in [1.165, 1.54) is 7.11 Å². The second-order valence-corrected chi connectivity index (χ2v) is 3.86. The highest BCUT2D eigenvalue weighted by Crippen LogP contribution is 2.24. The molecule has 0 aromatic heterocycles. The molecule has 0 fully saturated rings. The first kappa shape index (κ1) is 13.3. The van der Waals surface area contributed by atoms with Gasteiger partial charge in [-0.05, 0) is 25.0 Å². The summed E-state index contributed by atoms with van der Waals surface area (Å²) in [5.41, 5.74) is 2.95. The normalized spacial score (nSPS) is 9.76. The number of methoxy groups -OCH3 is 1. The lowest BCUT2D eigenvalue weighted by Gasteiger charge is -2.24. The van der Waals surface area contributed by atoms with Gasteiger partial charge in [0, 0.05) is 7.11 Å². The third kappa shape index (κ3) is 3.08. The molecule has 17 heavy (non-hydrogen) atoms. The maximum absolute atomic E-state index is 11.9. The zero-order valence-corrected chi connectivity index (χ0v) is 10.5. The fourth-order valence-electron chi connectivity index (χ4n) is 1.82. The van der Waals surface area contributed by atoms with Crippen LogP contribution in [0.5, 0.6) is 0 Å². The summed E-state index contributed by atoms with van der Waals surface area (Å²) >= 11 is 0. The largest absolute Gasteiger partial charge is 0.375 e. The topological polar surface area (TPSA) is 29.5 Å². The number of hydrogen-bond acceptors (Lipinski definition) is 2. The van der Waals surface area contributed by atoms with Gasteiger partial charge >= 0.3 is 0 Å². The second-order valence-electron chi connectivity index (χ2n) is 3.86. The fraction of sp³-hybridized carbons (Fsp3) is 0.357. The van der Waals surface area contributed by atoms with Crippen LogP contribution < -0.4 is 4.90 Å². The van der Waals surface area contributed by atoms with E-state index >= 15 is 0 Å². The van der Waals surface area contributed by atoms with Crippen LogP contribution in [0.15, 0.2) is 18.2 Å². The highest BCUT2D eigenvalue weighted by atomic mass is 16.5. The zero-order valence-electron chi connectivity index (χ0n) is 10.5. The number of ether oxygens (including phenoxy) is 1. The summed E-state index contributed by atoms with van der Waals surface area (Å²) in [5.74, 6) is 2.39. The lowest BCUT2D eigenvalue weighted by atomic mass is 10.1. The van der Waals surface area contributed by atoms with E-state index in [0.717, 1.165) is 16.8 Å². The molecular formula is C14H17NO2. The average molecular weight is 231 g/mol. The predicted molar refractivity (Wildman–Crippen MR) is 69.0 cm³/mol. The molecule has 90 valence electrons. The second kappa shape index (κ2) is 6.07. The van der Waals surface area contributed by atoms with Crippen LogP contribution in [0.3, 0.4) is 0 Å². The van der Waals surface area contributed by atoms with Crippen molar-refractivity contribution in [3.63, 3.8) is 0 Å². The Morgan fingerprint density at radius 3 is 2.47 bits per heavy atom. The van der Waals surface area contributed by atoms with Crippen LogP contribution in [0.1, 0.15) is 11.1 Å². The minimum absolute atomic E-state index is 0.0372. The highest BCUT2D eigenvalue weighted by Gasteiger charge is 2.17. The summed E-state index contributed by atoms with van der Waals surface area (Å²) < 4.78 is 4.87. The Labute approximate surface area is 102 Å². The number of terminal acetylenes is 1. The lowest BCUT2D eigenvalue weighted by Crippen LogP contribution is -2.35. The number of rotatable bonds is 4. The SMILES string of the molecule is C#CCN(C(=O)COC)c1c(C)cccc1C. The van der Waals surface area contributed by atoms with Crippen LogP contribution in [-0.4, -0.2) is 26.2 Å². The molecule has 0 N–H and O–H groups in total. The maximum Gasteiger partial charge on any atom is 0.253 e. The van der Waals surface area contributed by atoms with Crippen molar-refractivity contribution in [2.24, 2.45) is 0 Å². The summed E-state index contributed by atoms with van der Waals surface area (Å²) in [6, 6.07) is 5.89. The standard InChI is InChI=1S/C14H17NO2/c1-5-9-15(13(16)10-17-4)14-11(2)7-6-8-12(14)3/h1,6-8H,9-10H2,2-4H3. The Hall–Kier alpha value is -1.79. The quantitative estimate of drug-likeness (QED) is 0.741. The third-order valence-corrected chi connectivity index (χ3v) is 2.53. The molecule has 1 rings (SSSR count). The number of carbonyl (C=O) groups excluding carboxylic acids is 1. The first-order valence-corrected chi connectivity index (χ1v) is 5.40. The third-order valence-electron chi connectivity index (χ3n) is 2.53. The maximum atomic E-state index is 11.9. The average Bonchev–Trinajstić information content (AvgIpc) is 2.28. The molecule has 0 aliphatic carbocycles. The Bertz CT molecular complexity index is 426. The molecule has 0 aliphatic heterocycles. The molecule has 3 nitrogen and oxygen atoms in total. The van der Waals surface area contributed by atoms with Crippen molar-refractivity contribution in [3.05, 3.63) is 29.3 Å². The van der Waals surface area contributed by atoms with Crippen LogP contribution in [0, 0.1) is 26.2 Å². The van der Waals surface area contributed by atoms with E-state index in [4.69, 9.17) is 11.2 Å². The number of para-hydroxylation sites is 1. The summed E-state index contributed by atoms with van der Waals surface area (Å²) in [6.07, 6.45) is 5.32. The summed E-state index contributed by atoms with van der Waals surface area (Å²) in [7, 11) is 1.50. The van der Waals surface area contributed by atoms with Crippen LogP contribution in [-0.2, 0) is 9.53 Å². The molecule has 1 aromatic carbocycles. The van der Waals surface area contributed by atoms with E-state index in [9.17, 15) is 4.79 Å². The van der Waals surface area contributed by atoms with Crippen LogP contribution in [0.4, 0.5) is 5.69 Å². The van der Waals surface area contributed by atoms with E-state index < -0.39 is 0 Å². The van der Waals surface area contributed by atoms with Gasteiger partial charge in [0.2, 0.25) is 0 Å². The van der Waals surface area contributed by atoms with Crippen molar-refractivity contribution >= 4 is 11.6 Å². The molecule has 0 radical (unpaired) electrons. The van der Waals surface area contributed by atoms with Crippen LogP contribution in [0.25, 0.3) is 0 Å². The Kier molecular flexibility index (Phi) is 4.74. The number of amides is 1. The van der Waals surface area contributed by atoms with E-state index in [-0.39, 0.29) is 19.1 Å². The lowest BCUT2D eigenvalue weighted by molar-refractivity contribution is -0.122. The summed E-state index contributed by atoms with van der Waals surface area (Å²) in [6.45, 7) is 4.22. The van der Waals surface area contributed by atoms with Gasteiger partial charge in [0.15, 0.2) is 0 Å². The molecule has 0 saturated heterocycles. The number of carbonyl (C=O) groups is 1. The minimum atomic E-state index is -0.122. The first-order chi connectivity index (χ1) is 8.11. The zero-order chi connectivity index (χ0) is 12.8. The summed E-state index contributed by atoms with van der Waals surface area (Å²) in [4.78, 5) is 13.5. The molecule has 0 heterocycles. The number of hydrogen-bond donors (Lipinski definition) is 0. The predicted octanol–water partition coefficient (Wildman–Crippen LogP) is 1.92. The van der Waals surface area contributed by atoms with Crippen molar-refractivity contribution in [2.45, 2.75) is 13.8 Å². The van der Waals surface area contributed by atoms with Gasteiger partial charge in [0.25, 0.3) is 5.91 Å². The van der Waals surface area contributed by atoms with Gasteiger partial charge in [-0.3, -0.25) is 9.69 Å². The van der Waals surface area contributed by atoms with E-state index in [1.807, 2.05) is 32.0 Å². The van der Waals surface area contributed by atoms with Gasteiger partial charge < -0.3 is 4.74 Å². The van der Waals surface area contributed by atoms with Crippen molar-refractivity contribution in [3.8, 4) is 12.3 Å². The molecule has 3 heteroatoms. The molecular weight excluding hydrogens is 214 g/mol. The van der Waals surface area contributed by atoms with E-state index in [2.05, 4.69) is 5.92 Å². The van der Waals surface area contributed by atoms with Crippen molar-refractivity contribution in [1.29, 1.82) is 0 Å². The minimum Gasteiger partial charge on any atom is -0.375 e. The fourth-order valence-corrected chi connectivity index (χ4v) is 1.82. The van der Waals surface area contributed by atoms with Gasteiger partial charge in [0.05, 0.1) is 12.2 Å². The Morgan fingerprint density at radius 2 is 2.00 bits per heavy atom. The molecule has 0 saturated carbocycles. The molecule has 0 spiro atoms.